The number of aryl methyl sites for hydroxylation is 1. The summed E-state index contributed by atoms with van der Waals surface area (Å²) in [7, 11) is 0. The zero-order valence-corrected chi connectivity index (χ0v) is 14.8. The number of fused-ring (bicyclic) bond motifs is 1. The minimum Gasteiger partial charge on any atom is -0.353 e. The van der Waals surface area contributed by atoms with Crippen LogP contribution in [0.4, 0.5) is 4.39 Å². The third-order valence-electron chi connectivity index (χ3n) is 5.18. The average Bonchev–Trinajstić information content (AvgIpc) is 3.27. The number of hydrogen-bond donors (Lipinski definition) is 1. The summed E-state index contributed by atoms with van der Waals surface area (Å²) in [6, 6.07) is 6.14. The average molecular weight is 372 g/mol. The van der Waals surface area contributed by atoms with Crippen molar-refractivity contribution in [3.63, 3.8) is 0 Å². The van der Waals surface area contributed by atoms with E-state index in [2.05, 4.69) is 20.7 Å². The van der Waals surface area contributed by atoms with Gasteiger partial charge in [0.1, 0.15) is 5.82 Å². The summed E-state index contributed by atoms with van der Waals surface area (Å²) in [5.41, 5.74) is 0.696. The molecule has 2 atom stereocenters. The first-order chi connectivity index (χ1) is 13.1. The van der Waals surface area contributed by atoms with Crippen LogP contribution in [-0.4, -0.2) is 56.1 Å². The second-order valence-corrected chi connectivity index (χ2v) is 7.09. The highest BCUT2D eigenvalue weighted by molar-refractivity contribution is 5.80. The Bertz CT molecular complexity index is 837. The fourth-order valence-electron chi connectivity index (χ4n) is 3.74. The van der Waals surface area contributed by atoms with Crippen molar-refractivity contribution in [3.05, 3.63) is 30.1 Å². The molecule has 0 unspecified atom stereocenters. The van der Waals surface area contributed by atoms with Gasteiger partial charge in [0.05, 0.1) is 6.54 Å². The number of amides is 2. The number of likely N-dealkylation sites (tertiary alicyclic amines) is 1. The van der Waals surface area contributed by atoms with Crippen LogP contribution >= 0.6 is 0 Å². The van der Waals surface area contributed by atoms with Gasteiger partial charge in [-0.25, -0.2) is 4.39 Å². The maximum atomic E-state index is 13.0. The topological polar surface area (TPSA) is 93.0 Å². The van der Waals surface area contributed by atoms with E-state index in [9.17, 15) is 14.0 Å². The van der Waals surface area contributed by atoms with Crippen LogP contribution in [0.1, 0.15) is 25.7 Å². The second kappa shape index (κ2) is 7.42. The molecule has 4 rings (SSSR count). The summed E-state index contributed by atoms with van der Waals surface area (Å²) >= 11 is 0. The summed E-state index contributed by atoms with van der Waals surface area (Å²) in [6.45, 7) is 1.83. The predicted octanol–water partition coefficient (Wildman–Crippen LogP) is 0.996. The number of aromatic nitrogens is 4. The number of tetrazole rings is 1. The van der Waals surface area contributed by atoms with Crippen LogP contribution in [0, 0.1) is 11.7 Å². The lowest BCUT2D eigenvalue weighted by atomic mass is 9.93. The fraction of sp³-hybridized carbons (Fsp3) is 0.500. The molecule has 0 saturated carbocycles. The van der Waals surface area contributed by atoms with Gasteiger partial charge >= 0.3 is 0 Å². The van der Waals surface area contributed by atoms with E-state index in [1.54, 1.807) is 12.1 Å². The number of rotatable bonds is 5. The molecule has 2 aromatic rings. The molecule has 1 aromatic heterocycles. The number of nitrogens with zero attached hydrogens (tertiary/aromatic N) is 5. The molecular formula is C18H21FN6O2. The van der Waals surface area contributed by atoms with Crippen LogP contribution in [-0.2, 0) is 16.1 Å². The molecule has 0 bridgehead atoms. The van der Waals surface area contributed by atoms with Crippen molar-refractivity contribution in [2.75, 3.05) is 13.1 Å². The SMILES string of the molecule is O=C1C[C@@H]2CN(C(=O)CCCn3nnc(-c4ccc(F)cc4)n3)CC[C@@H]2N1. The molecule has 1 aromatic carbocycles. The van der Waals surface area contributed by atoms with E-state index in [1.165, 1.54) is 16.9 Å². The molecular weight excluding hydrogens is 351 g/mol. The van der Waals surface area contributed by atoms with Gasteiger partial charge in [-0.3, -0.25) is 9.59 Å². The van der Waals surface area contributed by atoms with Crippen molar-refractivity contribution in [1.29, 1.82) is 0 Å². The lowest BCUT2D eigenvalue weighted by Crippen LogP contribution is -2.47. The van der Waals surface area contributed by atoms with Gasteiger partial charge < -0.3 is 10.2 Å². The van der Waals surface area contributed by atoms with E-state index in [0.717, 1.165) is 6.42 Å². The lowest BCUT2D eigenvalue weighted by molar-refractivity contribution is -0.133. The highest BCUT2D eigenvalue weighted by Gasteiger charge is 2.37. The van der Waals surface area contributed by atoms with Gasteiger partial charge in [0, 0.05) is 43.5 Å². The normalized spacial score (nSPS) is 21.8. The van der Waals surface area contributed by atoms with Gasteiger partial charge in [0.15, 0.2) is 0 Å². The van der Waals surface area contributed by atoms with E-state index in [1.807, 2.05) is 4.90 Å². The standard InChI is InChI=1S/C18H21FN6O2/c19-14-5-3-12(4-6-14)18-21-23-25(22-18)8-1-2-17(27)24-9-7-15-13(11-24)10-16(26)20-15/h3-6,13,15H,1-2,7-11H2,(H,20,26)/t13-,15+/m1/s1. The molecule has 8 nitrogen and oxygen atoms in total. The fourth-order valence-corrected chi connectivity index (χ4v) is 3.74. The minimum absolute atomic E-state index is 0.0912. The second-order valence-electron chi connectivity index (χ2n) is 7.09. The number of hydrogen-bond acceptors (Lipinski definition) is 5. The summed E-state index contributed by atoms with van der Waals surface area (Å²) in [4.78, 5) is 27.2. The van der Waals surface area contributed by atoms with Gasteiger partial charge in [-0.15, -0.1) is 10.2 Å². The van der Waals surface area contributed by atoms with Crippen LogP contribution in [0.5, 0.6) is 0 Å². The molecule has 1 N–H and O–H groups in total. The summed E-state index contributed by atoms with van der Waals surface area (Å²) < 4.78 is 13.0. The van der Waals surface area contributed by atoms with Crippen molar-refractivity contribution in [2.45, 2.75) is 38.3 Å². The molecule has 9 heteroatoms. The highest BCUT2D eigenvalue weighted by atomic mass is 19.1. The Kier molecular flexibility index (Phi) is 4.83. The molecule has 2 aliphatic heterocycles. The summed E-state index contributed by atoms with van der Waals surface area (Å²) in [5, 5.41) is 15.2. The molecule has 2 amide bonds. The number of benzene rings is 1. The van der Waals surface area contributed by atoms with Crippen LogP contribution in [0.2, 0.25) is 0 Å². The number of carbonyl (C=O) groups excluding carboxylic acids is 2. The van der Waals surface area contributed by atoms with Gasteiger partial charge in [-0.1, -0.05) is 0 Å². The first kappa shape index (κ1) is 17.6. The van der Waals surface area contributed by atoms with Crippen molar-refractivity contribution < 1.29 is 14.0 Å². The third kappa shape index (κ3) is 3.96. The Labute approximate surface area is 155 Å². The molecule has 0 spiro atoms. The Morgan fingerprint density at radius 3 is 2.93 bits per heavy atom. The molecule has 142 valence electrons. The first-order valence-corrected chi connectivity index (χ1v) is 9.19. The molecule has 2 saturated heterocycles. The van der Waals surface area contributed by atoms with E-state index in [0.29, 0.717) is 50.3 Å². The van der Waals surface area contributed by atoms with E-state index in [4.69, 9.17) is 0 Å². The van der Waals surface area contributed by atoms with Gasteiger partial charge in [0.2, 0.25) is 17.6 Å². The Morgan fingerprint density at radius 1 is 1.30 bits per heavy atom. The highest BCUT2D eigenvalue weighted by Crippen LogP contribution is 2.25. The van der Waals surface area contributed by atoms with Crippen LogP contribution in [0.25, 0.3) is 11.4 Å². The molecule has 3 heterocycles. The quantitative estimate of drug-likeness (QED) is 0.845. The number of nitrogens with one attached hydrogen (secondary N) is 1. The smallest absolute Gasteiger partial charge is 0.222 e. The predicted molar refractivity (Wildman–Crippen MR) is 93.7 cm³/mol. The molecule has 0 radical (unpaired) electrons. The van der Waals surface area contributed by atoms with Crippen LogP contribution in [0.3, 0.4) is 0 Å². The van der Waals surface area contributed by atoms with Crippen molar-refractivity contribution in [3.8, 4) is 11.4 Å². The zero-order chi connectivity index (χ0) is 18.8. The maximum Gasteiger partial charge on any atom is 0.222 e. The Hall–Kier alpha value is -2.84. The third-order valence-corrected chi connectivity index (χ3v) is 5.18. The van der Waals surface area contributed by atoms with Gasteiger partial charge in [0.25, 0.3) is 0 Å². The number of halogens is 1. The monoisotopic (exact) mass is 372 g/mol. The van der Waals surface area contributed by atoms with Crippen molar-refractivity contribution in [1.82, 2.24) is 30.4 Å². The van der Waals surface area contributed by atoms with E-state index < -0.39 is 0 Å². The van der Waals surface area contributed by atoms with E-state index >= 15 is 0 Å². The van der Waals surface area contributed by atoms with Gasteiger partial charge in [-0.2, -0.15) is 4.80 Å². The molecule has 27 heavy (non-hydrogen) atoms. The van der Waals surface area contributed by atoms with E-state index in [-0.39, 0.29) is 29.6 Å². The number of piperidine rings is 1. The minimum atomic E-state index is -0.313. The molecule has 0 aliphatic carbocycles. The maximum absolute atomic E-state index is 13.0. The molecule has 2 fully saturated rings. The van der Waals surface area contributed by atoms with Gasteiger partial charge in [-0.05, 0) is 42.3 Å². The number of carbonyl (C=O) groups is 2. The van der Waals surface area contributed by atoms with Crippen LogP contribution in [0.15, 0.2) is 24.3 Å². The van der Waals surface area contributed by atoms with Crippen molar-refractivity contribution >= 4 is 11.8 Å². The van der Waals surface area contributed by atoms with Crippen LogP contribution < -0.4 is 5.32 Å². The Balaban J connectivity index is 1.26. The summed E-state index contributed by atoms with van der Waals surface area (Å²) in [6.07, 6.45) is 2.36. The Morgan fingerprint density at radius 2 is 2.11 bits per heavy atom. The largest absolute Gasteiger partial charge is 0.353 e. The zero-order valence-electron chi connectivity index (χ0n) is 14.8. The van der Waals surface area contributed by atoms with Crippen molar-refractivity contribution in [2.24, 2.45) is 5.92 Å². The summed E-state index contributed by atoms with van der Waals surface area (Å²) in [5.74, 6) is 0.555. The lowest BCUT2D eigenvalue weighted by Gasteiger charge is -2.34. The molecule has 2 aliphatic rings. The first-order valence-electron chi connectivity index (χ1n) is 9.19.